The lowest BCUT2D eigenvalue weighted by atomic mass is 9.96. The summed E-state index contributed by atoms with van der Waals surface area (Å²) in [5, 5.41) is 14.0. The van der Waals surface area contributed by atoms with Gasteiger partial charge in [-0.25, -0.2) is 0 Å². The highest BCUT2D eigenvalue weighted by atomic mass is 16.5. The van der Waals surface area contributed by atoms with Crippen LogP contribution in [0.2, 0.25) is 0 Å². The molecule has 1 aliphatic heterocycles. The molecule has 1 aromatic heterocycles. The Kier molecular flexibility index (Phi) is 8.52. The molecule has 1 aromatic carbocycles. The molecule has 1 fully saturated rings. The Hall–Kier alpha value is -3.23. The van der Waals surface area contributed by atoms with E-state index >= 15 is 0 Å². The van der Waals surface area contributed by atoms with Crippen LogP contribution in [0.4, 0.5) is 5.69 Å². The Morgan fingerprint density at radius 3 is 2.43 bits per heavy atom. The van der Waals surface area contributed by atoms with Gasteiger partial charge in [-0.3, -0.25) is 9.59 Å². The molecular formula is C21H26N2O7. The number of methoxy groups -OCH3 is 1. The fourth-order valence-electron chi connectivity index (χ4n) is 3.32. The third kappa shape index (κ3) is 5.88. The molecule has 0 amide bonds. The number of piperidine rings is 1. The van der Waals surface area contributed by atoms with Crippen molar-refractivity contribution < 1.29 is 33.5 Å². The summed E-state index contributed by atoms with van der Waals surface area (Å²) in [4.78, 5) is 43.9. The number of aliphatic carboxylic acids is 1. The van der Waals surface area contributed by atoms with E-state index in [1.165, 1.54) is 7.11 Å². The average molecular weight is 418 g/mol. The molecule has 3 rings (SSSR count). The number of anilines is 1. The summed E-state index contributed by atoms with van der Waals surface area (Å²) in [6, 6.07) is 6.00. The molecule has 0 unspecified atom stereocenters. The number of carboxylic acid groups (broad SMARTS) is 1. The van der Waals surface area contributed by atoms with Gasteiger partial charge in [0.15, 0.2) is 5.58 Å². The fourth-order valence-corrected chi connectivity index (χ4v) is 3.32. The lowest BCUT2D eigenvalue weighted by Gasteiger charge is -2.31. The minimum absolute atomic E-state index is 0.0470. The van der Waals surface area contributed by atoms with Gasteiger partial charge in [0.1, 0.15) is 12.6 Å². The molecule has 9 nitrogen and oxygen atoms in total. The molecule has 1 aliphatic rings. The van der Waals surface area contributed by atoms with E-state index in [2.05, 4.69) is 20.9 Å². The first-order valence-electron chi connectivity index (χ1n) is 9.70. The van der Waals surface area contributed by atoms with Gasteiger partial charge in [0.2, 0.25) is 0 Å². The number of fused-ring (bicyclic) bond motifs is 1. The fraction of sp³-hybridized carbons (Fsp3) is 0.476. The Morgan fingerprint density at radius 1 is 1.27 bits per heavy atom. The van der Waals surface area contributed by atoms with Crippen molar-refractivity contribution in [3.05, 3.63) is 23.9 Å². The smallest absolute Gasteiger partial charge is 0.309 e. The maximum absolute atomic E-state index is 10.9. The maximum atomic E-state index is 10.9. The molecule has 162 valence electrons. The van der Waals surface area contributed by atoms with Crippen LogP contribution in [0.3, 0.4) is 0 Å². The van der Waals surface area contributed by atoms with E-state index < -0.39 is 17.9 Å². The van der Waals surface area contributed by atoms with Gasteiger partial charge in [0, 0.05) is 37.0 Å². The van der Waals surface area contributed by atoms with E-state index in [9.17, 15) is 19.2 Å². The van der Waals surface area contributed by atoms with Crippen molar-refractivity contribution in [1.82, 2.24) is 5.16 Å². The highest BCUT2D eigenvalue weighted by molar-refractivity contribution is 5.83. The second-order valence-corrected chi connectivity index (χ2v) is 7.07. The topological polar surface area (TPSA) is 127 Å². The first-order valence-corrected chi connectivity index (χ1v) is 9.70. The second kappa shape index (κ2) is 11.1. The lowest BCUT2D eigenvalue weighted by molar-refractivity contribution is -0.147. The molecule has 0 saturated carbocycles. The van der Waals surface area contributed by atoms with Gasteiger partial charge in [0.25, 0.3) is 0 Å². The monoisotopic (exact) mass is 418 g/mol. The van der Waals surface area contributed by atoms with E-state index in [0.717, 1.165) is 35.4 Å². The first kappa shape index (κ1) is 23.1. The zero-order chi connectivity index (χ0) is 22.1. The standard InChI is InChI=1S/C14H16N2O3.C7H10O4/c1-9-12-8-11(2-3-13(12)19-15-9)16-6-4-10(5-7-16)14(17)18;1-11-7(10)6(2-4-8)3-5-9/h2-3,8,10H,4-7H2,1H3,(H,17,18);4-6H,2-3H2,1H3. The van der Waals surface area contributed by atoms with E-state index in [1.807, 2.05) is 19.1 Å². The van der Waals surface area contributed by atoms with Crippen LogP contribution < -0.4 is 4.90 Å². The number of benzene rings is 1. The molecule has 1 N–H and O–H groups in total. The number of carboxylic acids is 1. The summed E-state index contributed by atoms with van der Waals surface area (Å²) in [6.45, 7) is 3.49. The van der Waals surface area contributed by atoms with Crippen LogP contribution in [0.1, 0.15) is 31.4 Å². The van der Waals surface area contributed by atoms with E-state index in [-0.39, 0.29) is 18.8 Å². The number of hydrogen-bond acceptors (Lipinski definition) is 8. The lowest BCUT2D eigenvalue weighted by Crippen LogP contribution is -2.36. The minimum Gasteiger partial charge on any atom is -0.481 e. The summed E-state index contributed by atoms with van der Waals surface area (Å²) < 4.78 is 9.55. The number of hydrogen-bond donors (Lipinski definition) is 1. The summed E-state index contributed by atoms with van der Waals surface area (Å²) in [6.07, 6.45) is 2.71. The van der Waals surface area contributed by atoms with Crippen molar-refractivity contribution in [3.8, 4) is 0 Å². The van der Waals surface area contributed by atoms with Crippen LogP contribution in [-0.2, 0) is 23.9 Å². The van der Waals surface area contributed by atoms with Crippen molar-refractivity contribution in [2.45, 2.75) is 32.6 Å². The van der Waals surface area contributed by atoms with Gasteiger partial charge >= 0.3 is 11.9 Å². The van der Waals surface area contributed by atoms with Crippen LogP contribution in [-0.4, -0.2) is 55.0 Å². The van der Waals surface area contributed by atoms with Gasteiger partial charge < -0.3 is 28.9 Å². The van der Waals surface area contributed by atoms with E-state index in [4.69, 9.17) is 9.63 Å². The Balaban J connectivity index is 0.000000252. The van der Waals surface area contributed by atoms with Gasteiger partial charge in [0.05, 0.1) is 24.6 Å². The number of nitrogens with zero attached hydrogens (tertiary/aromatic N) is 2. The van der Waals surface area contributed by atoms with Crippen molar-refractivity contribution in [2.24, 2.45) is 11.8 Å². The summed E-state index contributed by atoms with van der Waals surface area (Å²) in [5.74, 6) is -1.98. The minimum atomic E-state index is -0.676. The van der Waals surface area contributed by atoms with Gasteiger partial charge in [-0.05, 0) is 38.0 Å². The number of aromatic nitrogens is 1. The number of carbonyl (C=O) groups is 4. The van der Waals surface area contributed by atoms with Crippen molar-refractivity contribution in [3.63, 3.8) is 0 Å². The number of esters is 1. The SMILES string of the molecule is COC(=O)C(CC=O)CC=O.Cc1noc2ccc(N3CCC(C(=O)O)CC3)cc12. The molecule has 9 heteroatoms. The zero-order valence-corrected chi connectivity index (χ0v) is 17.1. The first-order chi connectivity index (χ1) is 14.4. The predicted molar refractivity (Wildman–Crippen MR) is 108 cm³/mol. The summed E-state index contributed by atoms with van der Waals surface area (Å²) >= 11 is 0. The molecule has 0 atom stereocenters. The van der Waals surface area contributed by atoms with E-state index in [0.29, 0.717) is 25.4 Å². The maximum Gasteiger partial charge on any atom is 0.309 e. The normalized spacial score (nSPS) is 14.2. The number of rotatable bonds is 7. The number of aryl methyl sites for hydroxylation is 1. The second-order valence-electron chi connectivity index (χ2n) is 7.07. The van der Waals surface area contributed by atoms with Crippen LogP contribution in [0.5, 0.6) is 0 Å². The van der Waals surface area contributed by atoms with Gasteiger partial charge in [-0.15, -0.1) is 0 Å². The molecule has 30 heavy (non-hydrogen) atoms. The molecule has 1 saturated heterocycles. The highest BCUT2D eigenvalue weighted by Crippen LogP contribution is 2.28. The molecule has 2 heterocycles. The zero-order valence-electron chi connectivity index (χ0n) is 17.1. The van der Waals surface area contributed by atoms with Crippen molar-refractivity contribution >= 4 is 41.2 Å². The highest BCUT2D eigenvalue weighted by Gasteiger charge is 2.24. The van der Waals surface area contributed by atoms with Crippen LogP contribution in [0.15, 0.2) is 22.7 Å². The van der Waals surface area contributed by atoms with Crippen molar-refractivity contribution in [2.75, 3.05) is 25.1 Å². The van der Waals surface area contributed by atoms with Gasteiger partial charge in [-0.2, -0.15) is 0 Å². The Labute approximate surface area is 174 Å². The molecule has 0 spiro atoms. The summed E-state index contributed by atoms with van der Waals surface area (Å²) in [5.41, 5.74) is 2.79. The molecule has 2 aromatic rings. The predicted octanol–water partition coefficient (Wildman–Crippen LogP) is 2.39. The summed E-state index contributed by atoms with van der Waals surface area (Å²) in [7, 11) is 1.23. The molecule has 0 radical (unpaired) electrons. The molecular weight excluding hydrogens is 392 g/mol. The largest absolute Gasteiger partial charge is 0.481 e. The van der Waals surface area contributed by atoms with Crippen LogP contribution in [0.25, 0.3) is 11.0 Å². The molecule has 0 aliphatic carbocycles. The van der Waals surface area contributed by atoms with Gasteiger partial charge in [-0.1, -0.05) is 5.16 Å². The molecule has 0 bridgehead atoms. The average Bonchev–Trinajstić information content (AvgIpc) is 3.13. The third-order valence-corrected chi connectivity index (χ3v) is 5.14. The Bertz CT molecular complexity index is 875. The number of carbonyl (C=O) groups excluding carboxylic acids is 3. The number of ether oxygens (including phenoxy) is 1. The number of aldehydes is 2. The van der Waals surface area contributed by atoms with Crippen LogP contribution >= 0.6 is 0 Å². The van der Waals surface area contributed by atoms with Crippen molar-refractivity contribution in [1.29, 1.82) is 0 Å². The quantitative estimate of drug-likeness (QED) is 0.532. The van der Waals surface area contributed by atoms with E-state index in [1.54, 1.807) is 0 Å². The Morgan fingerprint density at radius 2 is 1.90 bits per heavy atom. The van der Waals surface area contributed by atoms with Crippen LogP contribution in [0, 0.1) is 18.8 Å². The third-order valence-electron chi connectivity index (χ3n) is 5.14.